The van der Waals surface area contributed by atoms with Crippen molar-refractivity contribution in [2.24, 2.45) is 0 Å². The van der Waals surface area contributed by atoms with Crippen molar-refractivity contribution < 1.29 is 8.78 Å². The highest BCUT2D eigenvalue weighted by Crippen LogP contribution is 2.26. The third kappa shape index (κ3) is 2.66. The number of imidazole rings is 1. The Morgan fingerprint density at radius 3 is 2.61 bits per heavy atom. The summed E-state index contributed by atoms with van der Waals surface area (Å²) >= 11 is 0. The molecule has 1 aliphatic rings. The van der Waals surface area contributed by atoms with Crippen LogP contribution in [0.15, 0.2) is 36.4 Å². The molecule has 2 aromatic carbocycles. The van der Waals surface area contributed by atoms with Gasteiger partial charge in [0.05, 0.1) is 11.0 Å². The SMILES string of the molecule is Fc1cc2nc(-c3cccc(N4CCNCC4)c3)[nH]c2cc1F. The van der Waals surface area contributed by atoms with Crippen LogP contribution in [0, 0.1) is 11.6 Å². The van der Waals surface area contributed by atoms with E-state index in [0.29, 0.717) is 16.9 Å². The van der Waals surface area contributed by atoms with Gasteiger partial charge in [0.15, 0.2) is 11.6 Å². The van der Waals surface area contributed by atoms with E-state index < -0.39 is 11.6 Å². The van der Waals surface area contributed by atoms with Crippen molar-refractivity contribution in [3.05, 3.63) is 48.0 Å². The number of nitrogens with one attached hydrogen (secondary N) is 2. The number of benzene rings is 2. The van der Waals surface area contributed by atoms with Gasteiger partial charge < -0.3 is 15.2 Å². The molecule has 1 aromatic heterocycles. The maximum Gasteiger partial charge on any atom is 0.161 e. The lowest BCUT2D eigenvalue weighted by Crippen LogP contribution is -2.43. The predicted molar refractivity (Wildman–Crippen MR) is 86.5 cm³/mol. The average Bonchev–Trinajstić information content (AvgIpc) is 2.99. The summed E-state index contributed by atoms with van der Waals surface area (Å²) in [5.74, 6) is -1.14. The van der Waals surface area contributed by atoms with E-state index in [1.165, 1.54) is 0 Å². The predicted octanol–water partition coefficient (Wildman–Crippen LogP) is 2.92. The highest BCUT2D eigenvalue weighted by molar-refractivity contribution is 5.80. The van der Waals surface area contributed by atoms with Gasteiger partial charge in [0.2, 0.25) is 0 Å². The number of halogens is 2. The Hall–Kier alpha value is -2.47. The fraction of sp³-hybridized carbons (Fsp3) is 0.235. The zero-order chi connectivity index (χ0) is 15.8. The standard InChI is InChI=1S/C17H16F2N4/c18-13-9-15-16(10-14(13)19)22-17(21-15)11-2-1-3-12(8-11)23-6-4-20-5-7-23/h1-3,8-10,20H,4-7H2,(H,21,22). The smallest absolute Gasteiger partial charge is 0.161 e. The second-order valence-electron chi connectivity index (χ2n) is 5.66. The Morgan fingerprint density at radius 2 is 1.78 bits per heavy atom. The molecule has 118 valence electrons. The summed E-state index contributed by atoms with van der Waals surface area (Å²) in [7, 11) is 0. The van der Waals surface area contributed by atoms with E-state index in [4.69, 9.17) is 0 Å². The first-order valence-corrected chi connectivity index (χ1v) is 7.61. The normalized spacial score (nSPS) is 15.3. The Bertz CT molecular complexity index is 814. The zero-order valence-electron chi connectivity index (χ0n) is 12.4. The minimum absolute atomic E-state index is 0.423. The molecular formula is C17H16F2N4. The number of fused-ring (bicyclic) bond motifs is 1. The van der Waals surface area contributed by atoms with E-state index in [2.05, 4.69) is 32.3 Å². The summed E-state index contributed by atoms with van der Waals surface area (Å²) in [6.45, 7) is 3.85. The summed E-state index contributed by atoms with van der Waals surface area (Å²) in [5, 5.41) is 3.33. The molecule has 4 nitrogen and oxygen atoms in total. The van der Waals surface area contributed by atoms with Crippen LogP contribution in [0.2, 0.25) is 0 Å². The molecule has 0 aliphatic carbocycles. The van der Waals surface area contributed by atoms with E-state index >= 15 is 0 Å². The van der Waals surface area contributed by atoms with Crippen LogP contribution in [0.5, 0.6) is 0 Å². The highest BCUT2D eigenvalue weighted by atomic mass is 19.2. The third-order valence-electron chi connectivity index (χ3n) is 4.13. The zero-order valence-corrected chi connectivity index (χ0v) is 12.4. The second kappa shape index (κ2) is 5.62. The van der Waals surface area contributed by atoms with E-state index in [9.17, 15) is 8.78 Å². The molecule has 1 fully saturated rings. The quantitative estimate of drug-likeness (QED) is 0.764. The van der Waals surface area contributed by atoms with Crippen LogP contribution >= 0.6 is 0 Å². The lowest BCUT2D eigenvalue weighted by atomic mass is 10.1. The molecule has 23 heavy (non-hydrogen) atoms. The monoisotopic (exact) mass is 314 g/mol. The van der Waals surface area contributed by atoms with Crippen molar-refractivity contribution in [2.45, 2.75) is 0 Å². The van der Waals surface area contributed by atoms with Crippen molar-refractivity contribution >= 4 is 16.7 Å². The van der Waals surface area contributed by atoms with Crippen LogP contribution in [-0.2, 0) is 0 Å². The van der Waals surface area contributed by atoms with Gasteiger partial charge in [-0.15, -0.1) is 0 Å². The number of rotatable bonds is 2. The Labute approximate surface area is 132 Å². The van der Waals surface area contributed by atoms with Gasteiger partial charge in [-0.3, -0.25) is 0 Å². The van der Waals surface area contributed by atoms with Gasteiger partial charge in [-0.05, 0) is 12.1 Å². The van der Waals surface area contributed by atoms with Crippen LogP contribution in [0.3, 0.4) is 0 Å². The van der Waals surface area contributed by atoms with E-state index in [0.717, 1.165) is 49.6 Å². The number of hydrogen-bond acceptors (Lipinski definition) is 3. The number of hydrogen-bond donors (Lipinski definition) is 2. The van der Waals surface area contributed by atoms with Crippen LogP contribution in [0.25, 0.3) is 22.4 Å². The molecule has 0 radical (unpaired) electrons. The fourth-order valence-electron chi connectivity index (χ4n) is 2.91. The van der Waals surface area contributed by atoms with Gasteiger partial charge >= 0.3 is 0 Å². The Morgan fingerprint density at radius 1 is 1.00 bits per heavy atom. The number of aromatic amines is 1. The van der Waals surface area contributed by atoms with Crippen molar-refractivity contribution in [2.75, 3.05) is 31.1 Å². The fourth-order valence-corrected chi connectivity index (χ4v) is 2.91. The first kappa shape index (κ1) is 14.1. The first-order chi connectivity index (χ1) is 11.2. The largest absolute Gasteiger partial charge is 0.369 e. The maximum absolute atomic E-state index is 13.3. The third-order valence-corrected chi connectivity index (χ3v) is 4.13. The number of aromatic nitrogens is 2. The van der Waals surface area contributed by atoms with Crippen LogP contribution < -0.4 is 10.2 Å². The van der Waals surface area contributed by atoms with Gasteiger partial charge in [0.1, 0.15) is 5.82 Å². The molecule has 0 spiro atoms. The maximum atomic E-state index is 13.3. The van der Waals surface area contributed by atoms with E-state index in [1.54, 1.807) is 0 Å². The van der Waals surface area contributed by atoms with Crippen molar-refractivity contribution in [1.82, 2.24) is 15.3 Å². The molecule has 0 unspecified atom stereocenters. The molecule has 1 saturated heterocycles. The van der Waals surface area contributed by atoms with Gasteiger partial charge in [-0.1, -0.05) is 12.1 Å². The molecule has 0 amide bonds. The molecule has 2 heterocycles. The summed E-state index contributed by atoms with van der Waals surface area (Å²) in [5.41, 5.74) is 2.94. The summed E-state index contributed by atoms with van der Waals surface area (Å²) in [4.78, 5) is 9.75. The minimum Gasteiger partial charge on any atom is -0.369 e. The first-order valence-electron chi connectivity index (χ1n) is 7.61. The van der Waals surface area contributed by atoms with E-state index in [-0.39, 0.29) is 0 Å². The molecule has 3 aromatic rings. The molecule has 0 atom stereocenters. The molecular weight excluding hydrogens is 298 g/mol. The van der Waals surface area contributed by atoms with Gasteiger partial charge in [0.25, 0.3) is 0 Å². The van der Waals surface area contributed by atoms with Crippen molar-refractivity contribution in [3.63, 3.8) is 0 Å². The summed E-state index contributed by atoms with van der Waals surface area (Å²) in [6, 6.07) is 10.3. The van der Waals surface area contributed by atoms with Crippen molar-refractivity contribution in [1.29, 1.82) is 0 Å². The van der Waals surface area contributed by atoms with Crippen LogP contribution in [0.1, 0.15) is 0 Å². The molecule has 2 N–H and O–H groups in total. The number of anilines is 1. The number of H-pyrrole nitrogens is 1. The van der Waals surface area contributed by atoms with E-state index in [1.807, 2.05) is 12.1 Å². The van der Waals surface area contributed by atoms with Crippen LogP contribution in [0.4, 0.5) is 14.5 Å². The number of piperazine rings is 1. The Kier molecular flexibility index (Phi) is 3.46. The molecule has 0 saturated carbocycles. The molecule has 4 rings (SSSR count). The molecule has 1 aliphatic heterocycles. The molecule has 0 bridgehead atoms. The molecule has 6 heteroatoms. The summed E-state index contributed by atoms with van der Waals surface area (Å²) < 4.78 is 26.7. The van der Waals surface area contributed by atoms with Gasteiger partial charge in [-0.25, -0.2) is 13.8 Å². The second-order valence-corrected chi connectivity index (χ2v) is 5.66. The number of nitrogens with zero attached hydrogens (tertiary/aromatic N) is 2. The van der Waals surface area contributed by atoms with Gasteiger partial charge in [-0.2, -0.15) is 0 Å². The van der Waals surface area contributed by atoms with Gasteiger partial charge in [0, 0.05) is 49.6 Å². The lowest BCUT2D eigenvalue weighted by molar-refractivity contribution is 0.510. The lowest BCUT2D eigenvalue weighted by Gasteiger charge is -2.29. The summed E-state index contributed by atoms with van der Waals surface area (Å²) in [6.07, 6.45) is 0. The highest BCUT2D eigenvalue weighted by Gasteiger charge is 2.13. The average molecular weight is 314 g/mol. The van der Waals surface area contributed by atoms with Crippen LogP contribution in [-0.4, -0.2) is 36.1 Å². The Balaban J connectivity index is 1.72. The minimum atomic E-state index is -0.884. The topological polar surface area (TPSA) is 44.0 Å². The van der Waals surface area contributed by atoms with Crippen molar-refractivity contribution in [3.8, 4) is 11.4 Å².